The number of nitrogens with zero attached hydrogens (tertiary/aromatic N) is 4. The van der Waals surface area contributed by atoms with Crippen LogP contribution in [0, 0.1) is 6.92 Å². The quantitative estimate of drug-likeness (QED) is 0.800. The Morgan fingerprint density at radius 1 is 1.37 bits per heavy atom. The van der Waals surface area contributed by atoms with Gasteiger partial charge in [-0.15, -0.1) is 0 Å². The molecule has 2 aromatic heterocycles. The molecular formula is C12H12BrN5O. The molecule has 0 amide bonds. The Labute approximate surface area is 117 Å². The minimum Gasteiger partial charge on any atom is -0.369 e. The van der Waals surface area contributed by atoms with Crippen LogP contribution in [-0.2, 0) is 13.0 Å². The summed E-state index contributed by atoms with van der Waals surface area (Å²) >= 11 is 3.45. The van der Waals surface area contributed by atoms with Gasteiger partial charge < -0.3 is 14.8 Å². The molecule has 7 heteroatoms. The third kappa shape index (κ3) is 2.33. The molecular weight excluding hydrogens is 310 g/mol. The minimum absolute atomic E-state index is 0.490. The van der Waals surface area contributed by atoms with Gasteiger partial charge in [-0.25, -0.2) is 4.98 Å². The Hall–Kier alpha value is -1.89. The van der Waals surface area contributed by atoms with Crippen LogP contribution < -0.4 is 5.73 Å². The van der Waals surface area contributed by atoms with E-state index in [1.54, 1.807) is 6.92 Å². The van der Waals surface area contributed by atoms with Crippen LogP contribution >= 0.6 is 15.9 Å². The topological polar surface area (TPSA) is 82.8 Å². The lowest BCUT2D eigenvalue weighted by Gasteiger charge is -2.04. The molecule has 0 aliphatic carbocycles. The number of rotatable bonds is 3. The molecule has 0 saturated heterocycles. The first-order valence-corrected chi connectivity index (χ1v) is 6.63. The van der Waals surface area contributed by atoms with Crippen LogP contribution in [0.1, 0.15) is 11.7 Å². The van der Waals surface area contributed by atoms with Crippen molar-refractivity contribution in [2.75, 3.05) is 5.73 Å². The van der Waals surface area contributed by atoms with Crippen LogP contribution in [0.2, 0.25) is 0 Å². The summed E-state index contributed by atoms with van der Waals surface area (Å²) in [7, 11) is 0. The van der Waals surface area contributed by atoms with Crippen molar-refractivity contribution in [3.63, 3.8) is 0 Å². The average Bonchev–Trinajstić information content (AvgIpc) is 2.90. The fourth-order valence-corrected chi connectivity index (χ4v) is 2.35. The van der Waals surface area contributed by atoms with Gasteiger partial charge in [0, 0.05) is 17.4 Å². The molecule has 0 radical (unpaired) electrons. The maximum Gasteiger partial charge on any atom is 0.228 e. The summed E-state index contributed by atoms with van der Waals surface area (Å²) in [6, 6.07) is 5.88. The van der Waals surface area contributed by atoms with Crippen molar-refractivity contribution in [2.45, 2.75) is 19.9 Å². The highest BCUT2D eigenvalue weighted by Gasteiger charge is 2.10. The molecule has 0 aliphatic rings. The van der Waals surface area contributed by atoms with E-state index in [9.17, 15) is 0 Å². The van der Waals surface area contributed by atoms with E-state index in [1.807, 2.05) is 22.8 Å². The second-order valence-electron chi connectivity index (χ2n) is 4.24. The largest absolute Gasteiger partial charge is 0.369 e. The van der Waals surface area contributed by atoms with Gasteiger partial charge in [0.25, 0.3) is 0 Å². The highest BCUT2D eigenvalue weighted by Crippen LogP contribution is 2.22. The number of hydrogen-bond acceptors (Lipinski definition) is 5. The molecule has 0 unspecified atom stereocenters. The van der Waals surface area contributed by atoms with Crippen LogP contribution in [0.25, 0.3) is 11.0 Å². The predicted molar refractivity (Wildman–Crippen MR) is 74.6 cm³/mol. The molecule has 3 aromatic rings. The number of aryl methyl sites for hydroxylation is 3. The predicted octanol–water partition coefficient (Wildman–Crippen LogP) is 2.32. The number of nitrogen functional groups attached to an aromatic ring is 1. The average molecular weight is 322 g/mol. The van der Waals surface area contributed by atoms with E-state index < -0.39 is 0 Å². The third-order valence-electron chi connectivity index (χ3n) is 2.86. The number of imidazole rings is 1. The van der Waals surface area contributed by atoms with E-state index in [0.717, 1.165) is 15.5 Å². The van der Waals surface area contributed by atoms with Crippen molar-refractivity contribution in [2.24, 2.45) is 0 Å². The number of halogens is 1. The van der Waals surface area contributed by atoms with Crippen LogP contribution in [0.3, 0.4) is 0 Å². The van der Waals surface area contributed by atoms with Gasteiger partial charge in [-0.1, -0.05) is 21.1 Å². The number of benzene rings is 1. The van der Waals surface area contributed by atoms with Gasteiger partial charge >= 0.3 is 0 Å². The molecule has 98 valence electrons. The Balaban J connectivity index is 1.91. The highest BCUT2D eigenvalue weighted by molar-refractivity contribution is 9.10. The molecule has 19 heavy (non-hydrogen) atoms. The van der Waals surface area contributed by atoms with Crippen molar-refractivity contribution in [1.82, 2.24) is 19.7 Å². The lowest BCUT2D eigenvalue weighted by atomic mass is 10.3. The molecule has 2 heterocycles. The number of fused-ring (bicyclic) bond motifs is 1. The maximum absolute atomic E-state index is 5.94. The van der Waals surface area contributed by atoms with E-state index in [0.29, 0.717) is 30.6 Å². The highest BCUT2D eigenvalue weighted by atomic mass is 79.9. The second-order valence-corrected chi connectivity index (χ2v) is 5.16. The van der Waals surface area contributed by atoms with Gasteiger partial charge in [0.1, 0.15) is 0 Å². The van der Waals surface area contributed by atoms with Gasteiger partial charge in [-0.05, 0) is 25.1 Å². The number of hydrogen-bond donors (Lipinski definition) is 1. The smallest absolute Gasteiger partial charge is 0.228 e. The fourth-order valence-electron chi connectivity index (χ4n) is 2.00. The lowest BCUT2D eigenvalue weighted by Crippen LogP contribution is -2.05. The van der Waals surface area contributed by atoms with Crippen molar-refractivity contribution in [3.05, 3.63) is 34.4 Å². The molecule has 1 aromatic carbocycles. The first-order valence-electron chi connectivity index (χ1n) is 5.84. The van der Waals surface area contributed by atoms with Crippen LogP contribution in [0.4, 0.5) is 5.95 Å². The molecule has 0 fully saturated rings. The van der Waals surface area contributed by atoms with Crippen molar-refractivity contribution < 1.29 is 4.52 Å². The maximum atomic E-state index is 5.94. The van der Waals surface area contributed by atoms with Gasteiger partial charge in [-0.2, -0.15) is 4.98 Å². The Morgan fingerprint density at radius 3 is 2.95 bits per heavy atom. The van der Waals surface area contributed by atoms with E-state index in [-0.39, 0.29) is 0 Å². The molecule has 2 N–H and O–H groups in total. The molecule has 0 aliphatic heterocycles. The van der Waals surface area contributed by atoms with Crippen molar-refractivity contribution >= 4 is 32.9 Å². The normalized spacial score (nSPS) is 11.3. The van der Waals surface area contributed by atoms with Crippen LogP contribution in [0.15, 0.2) is 27.2 Å². The third-order valence-corrected chi connectivity index (χ3v) is 3.35. The zero-order chi connectivity index (χ0) is 13.4. The summed E-state index contributed by atoms with van der Waals surface area (Å²) in [5, 5.41) is 3.77. The van der Waals surface area contributed by atoms with Crippen molar-refractivity contribution in [3.8, 4) is 0 Å². The zero-order valence-corrected chi connectivity index (χ0v) is 11.9. The summed E-state index contributed by atoms with van der Waals surface area (Å²) in [5.41, 5.74) is 7.81. The van der Waals surface area contributed by atoms with Crippen LogP contribution in [0.5, 0.6) is 0 Å². The van der Waals surface area contributed by atoms with E-state index in [4.69, 9.17) is 10.3 Å². The zero-order valence-electron chi connectivity index (χ0n) is 10.3. The molecule has 6 nitrogen and oxygen atoms in total. The fraction of sp³-hybridized carbons (Fsp3) is 0.250. The Morgan fingerprint density at radius 2 is 2.21 bits per heavy atom. The number of aromatic nitrogens is 4. The van der Waals surface area contributed by atoms with Gasteiger partial charge in [-0.3, -0.25) is 0 Å². The Bertz CT molecular complexity index is 733. The number of anilines is 1. The monoisotopic (exact) mass is 321 g/mol. The van der Waals surface area contributed by atoms with Gasteiger partial charge in [0.05, 0.1) is 11.0 Å². The van der Waals surface area contributed by atoms with Gasteiger partial charge in [0.15, 0.2) is 5.82 Å². The van der Waals surface area contributed by atoms with Crippen molar-refractivity contribution in [1.29, 1.82) is 0 Å². The lowest BCUT2D eigenvalue weighted by molar-refractivity contribution is 0.369. The van der Waals surface area contributed by atoms with E-state index >= 15 is 0 Å². The van der Waals surface area contributed by atoms with E-state index in [2.05, 4.69) is 31.1 Å². The summed E-state index contributed by atoms with van der Waals surface area (Å²) < 4.78 is 8.03. The molecule has 0 bridgehead atoms. The standard InChI is InChI=1S/C12H12BrN5O/c1-7-15-11(19-17-7)4-5-18-10-6-8(13)2-3-9(10)16-12(18)14/h2-3,6H,4-5H2,1H3,(H2,14,16). The second kappa shape index (κ2) is 4.65. The SMILES string of the molecule is Cc1noc(CCn2c(N)nc3ccc(Br)cc32)n1. The summed E-state index contributed by atoms with van der Waals surface area (Å²) in [5.74, 6) is 1.74. The van der Waals surface area contributed by atoms with Gasteiger partial charge in [0.2, 0.25) is 11.8 Å². The molecule has 3 rings (SSSR count). The Kier molecular flexibility index (Phi) is 2.98. The first-order chi connectivity index (χ1) is 9.13. The molecule has 0 atom stereocenters. The van der Waals surface area contributed by atoms with E-state index in [1.165, 1.54) is 0 Å². The molecule has 0 spiro atoms. The minimum atomic E-state index is 0.490. The molecule has 0 saturated carbocycles. The first kappa shape index (κ1) is 12.2. The number of nitrogens with two attached hydrogens (primary N) is 1. The summed E-state index contributed by atoms with van der Waals surface area (Å²) in [4.78, 5) is 8.50. The summed E-state index contributed by atoms with van der Waals surface area (Å²) in [6.07, 6.45) is 0.628. The summed E-state index contributed by atoms with van der Waals surface area (Å²) in [6.45, 7) is 2.45. The van der Waals surface area contributed by atoms with Crippen LogP contribution in [-0.4, -0.2) is 19.7 Å².